The Morgan fingerprint density at radius 2 is 1.74 bits per heavy atom. The second-order valence-electron chi connectivity index (χ2n) is 7.26. The molecule has 1 N–H and O–H groups in total. The molecule has 0 aromatic heterocycles. The van der Waals surface area contributed by atoms with Gasteiger partial charge >= 0.3 is 6.36 Å². The van der Waals surface area contributed by atoms with Crippen molar-refractivity contribution in [2.75, 3.05) is 6.54 Å². The highest BCUT2D eigenvalue weighted by atomic mass is 32.2. The molecule has 0 bridgehead atoms. The van der Waals surface area contributed by atoms with E-state index >= 15 is 0 Å². The number of fused-ring (bicyclic) bond motifs is 1. The number of alkyl halides is 3. The van der Waals surface area contributed by atoms with Crippen molar-refractivity contribution in [3.8, 4) is 11.9 Å². The highest BCUT2D eigenvalue weighted by molar-refractivity contribution is 7.89. The zero-order valence-electron chi connectivity index (χ0n) is 17.9. The molecule has 7 nitrogen and oxygen atoms in total. The lowest BCUT2D eigenvalue weighted by molar-refractivity contribution is -0.274. The lowest BCUT2D eigenvalue weighted by Crippen LogP contribution is -2.48. The molecule has 34 heavy (non-hydrogen) atoms. The highest BCUT2D eigenvalue weighted by Gasteiger charge is 2.32. The van der Waals surface area contributed by atoms with Crippen molar-refractivity contribution in [2.45, 2.75) is 30.6 Å². The van der Waals surface area contributed by atoms with Gasteiger partial charge in [-0.1, -0.05) is 42.5 Å². The molecular weight excluding hydrogens is 471 g/mol. The van der Waals surface area contributed by atoms with Crippen LogP contribution in [0.2, 0.25) is 0 Å². The molecule has 1 unspecified atom stereocenters. The maximum atomic E-state index is 12.9. The number of sulfonamides is 1. The van der Waals surface area contributed by atoms with Gasteiger partial charge in [0.2, 0.25) is 10.0 Å². The summed E-state index contributed by atoms with van der Waals surface area (Å²) < 4.78 is 69.0. The van der Waals surface area contributed by atoms with E-state index in [1.54, 1.807) is 19.2 Å². The van der Waals surface area contributed by atoms with Crippen LogP contribution in [-0.4, -0.2) is 38.2 Å². The molecule has 3 aromatic carbocycles. The summed E-state index contributed by atoms with van der Waals surface area (Å²) in [6, 6.07) is 15.2. The number of ether oxygens (including phenoxy) is 1. The van der Waals surface area contributed by atoms with Gasteiger partial charge in [-0.05, 0) is 53.9 Å². The maximum absolute atomic E-state index is 12.9. The van der Waals surface area contributed by atoms with E-state index < -0.39 is 34.1 Å². The van der Waals surface area contributed by atoms with E-state index in [2.05, 4.69) is 9.46 Å². The highest BCUT2D eigenvalue weighted by Crippen LogP contribution is 2.24. The Hall–Kier alpha value is -3.62. The van der Waals surface area contributed by atoms with Gasteiger partial charge in [-0.15, -0.1) is 13.2 Å². The topological polar surface area (TPSA) is 99.5 Å². The first-order valence-corrected chi connectivity index (χ1v) is 11.6. The third kappa shape index (κ3) is 6.24. The number of likely N-dealkylation sites (N-methyl/N-ethyl adjacent to an activating group) is 1. The van der Waals surface area contributed by atoms with E-state index in [4.69, 9.17) is 0 Å². The number of rotatable bonds is 8. The van der Waals surface area contributed by atoms with Crippen LogP contribution in [0, 0.1) is 11.5 Å². The first-order chi connectivity index (χ1) is 16.0. The predicted octanol–water partition coefficient (Wildman–Crippen LogP) is 3.96. The molecule has 1 atom stereocenters. The Morgan fingerprint density at radius 1 is 1.09 bits per heavy atom. The zero-order chi connectivity index (χ0) is 24.9. The number of nitriles is 1. The minimum absolute atomic E-state index is 0.0365. The fourth-order valence-electron chi connectivity index (χ4n) is 3.32. The number of benzene rings is 3. The molecule has 0 radical (unpaired) electrons. The van der Waals surface area contributed by atoms with Gasteiger partial charge in [-0.3, -0.25) is 4.79 Å². The van der Waals surface area contributed by atoms with Gasteiger partial charge in [0.1, 0.15) is 11.8 Å². The van der Waals surface area contributed by atoms with Crippen molar-refractivity contribution in [3.05, 3.63) is 72.3 Å². The average molecular weight is 491 g/mol. The van der Waals surface area contributed by atoms with Crippen LogP contribution in [0.1, 0.15) is 12.5 Å². The van der Waals surface area contributed by atoms with Crippen LogP contribution in [0.3, 0.4) is 0 Å². The smallest absolute Gasteiger partial charge is 0.406 e. The summed E-state index contributed by atoms with van der Waals surface area (Å²) >= 11 is 0. The van der Waals surface area contributed by atoms with E-state index in [0.717, 1.165) is 39.9 Å². The van der Waals surface area contributed by atoms with Gasteiger partial charge in [-0.2, -0.15) is 9.98 Å². The predicted molar refractivity (Wildman–Crippen MR) is 118 cm³/mol. The molecule has 1 amide bonds. The number of nitrogens with one attached hydrogen (secondary N) is 1. The van der Waals surface area contributed by atoms with E-state index in [1.165, 1.54) is 0 Å². The minimum Gasteiger partial charge on any atom is -0.406 e. The third-order valence-corrected chi connectivity index (χ3v) is 6.41. The number of hydrogen-bond acceptors (Lipinski definition) is 5. The van der Waals surface area contributed by atoms with Crippen molar-refractivity contribution < 1.29 is 31.1 Å². The SMILES string of the molecule is CCN(C#N)C(=O)C(Cc1ccc2ccccc2c1)NS(=O)(=O)c1ccc(OC(F)(F)F)cc1. The normalized spacial score (nSPS) is 12.7. The Balaban J connectivity index is 1.89. The Kier molecular flexibility index (Phi) is 7.44. The second-order valence-corrected chi connectivity index (χ2v) is 8.98. The molecule has 0 fully saturated rings. The third-order valence-electron chi connectivity index (χ3n) is 4.92. The Morgan fingerprint density at radius 3 is 2.32 bits per heavy atom. The first-order valence-electron chi connectivity index (χ1n) is 10.1. The molecule has 178 valence electrons. The van der Waals surface area contributed by atoms with Crippen molar-refractivity contribution >= 4 is 26.7 Å². The largest absolute Gasteiger partial charge is 0.573 e. The van der Waals surface area contributed by atoms with E-state index in [9.17, 15) is 31.6 Å². The number of amides is 1. The Labute approximate surface area is 194 Å². The minimum atomic E-state index is -4.92. The van der Waals surface area contributed by atoms with Crippen LogP contribution in [0.15, 0.2) is 71.6 Å². The summed E-state index contributed by atoms with van der Waals surface area (Å²) in [6.07, 6.45) is -3.24. The van der Waals surface area contributed by atoms with Crippen LogP contribution in [0.25, 0.3) is 10.8 Å². The average Bonchev–Trinajstić information content (AvgIpc) is 2.78. The second kappa shape index (κ2) is 10.1. The van der Waals surface area contributed by atoms with Crippen molar-refractivity contribution in [1.82, 2.24) is 9.62 Å². The van der Waals surface area contributed by atoms with Crippen LogP contribution in [0.5, 0.6) is 5.75 Å². The summed E-state index contributed by atoms with van der Waals surface area (Å²) in [4.78, 5) is 13.4. The van der Waals surface area contributed by atoms with Gasteiger partial charge in [0, 0.05) is 6.54 Å². The number of carbonyl (C=O) groups excluding carboxylic acids is 1. The molecule has 3 rings (SSSR count). The summed E-state index contributed by atoms with van der Waals surface area (Å²) in [5, 5.41) is 11.1. The molecule has 0 saturated heterocycles. The van der Waals surface area contributed by atoms with E-state index in [1.807, 2.05) is 36.4 Å². The van der Waals surface area contributed by atoms with Gasteiger partial charge in [-0.25, -0.2) is 13.3 Å². The van der Waals surface area contributed by atoms with Crippen LogP contribution in [-0.2, 0) is 21.2 Å². The lowest BCUT2D eigenvalue weighted by atomic mass is 10.0. The van der Waals surface area contributed by atoms with Gasteiger partial charge in [0.15, 0.2) is 6.19 Å². The number of hydrogen-bond donors (Lipinski definition) is 1. The van der Waals surface area contributed by atoms with Gasteiger partial charge < -0.3 is 4.74 Å². The first kappa shape index (κ1) is 25.0. The fourth-order valence-corrected chi connectivity index (χ4v) is 4.51. The molecule has 0 spiro atoms. The number of carbonyl (C=O) groups is 1. The summed E-state index contributed by atoms with van der Waals surface area (Å²) in [5.41, 5.74) is 0.655. The Bertz CT molecular complexity index is 1320. The molecule has 0 aliphatic carbocycles. The standard InChI is InChI=1S/C23H20F3N3O4S/c1-2-29(15-27)22(30)21(14-16-7-8-17-5-3-4-6-18(17)13-16)28-34(31,32)20-11-9-19(10-12-20)33-23(24,25)26/h3-13,21,28H,2,14H2,1H3. The van der Waals surface area contributed by atoms with Crippen molar-refractivity contribution in [1.29, 1.82) is 5.26 Å². The van der Waals surface area contributed by atoms with Crippen LogP contribution in [0.4, 0.5) is 13.2 Å². The van der Waals surface area contributed by atoms with Crippen LogP contribution < -0.4 is 9.46 Å². The van der Waals surface area contributed by atoms with Gasteiger partial charge in [0.05, 0.1) is 4.90 Å². The molecule has 3 aromatic rings. The molecule has 11 heteroatoms. The summed E-state index contributed by atoms with van der Waals surface area (Å²) in [5.74, 6) is -1.34. The number of nitrogens with zero attached hydrogens (tertiary/aromatic N) is 2. The molecule has 0 saturated carbocycles. The summed E-state index contributed by atoms with van der Waals surface area (Å²) in [6.45, 7) is 1.61. The van der Waals surface area contributed by atoms with Gasteiger partial charge in [0.25, 0.3) is 5.91 Å². The quantitative estimate of drug-likeness (QED) is 0.380. The maximum Gasteiger partial charge on any atom is 0.573 e. The monoisotopic (exact) mass is 491 g/mol. The fraction of sp³-hybridized carbons (Fsp3) is 0.217. The van der Waals surface area contributed by atoms with E-state index in [-0.39, 0.29) is 17.9 Å². The lowest BCUT2D eigenvalue weighted by Gasteiger charge is -2.22. The molecule has 0 heterocycles. The number of halogens is 3. The van der Waals surface area contributed by atoms with Crippen molar-refractivity contribution in [3.63, 3.8) is 0 Å². The summed E-state index contributed by atoms with van der Waals surface area (Å²) in [7, 11) is -4.32. The van der Waals surface area contributed by atoms with Crippen LogP contribution >= 0.6 is 0 Å². The molecular formula is C23H20F3N3O4S. The molecule has 0 aliphatic heterocycles. The van der Waals surface area contributed by atoms with E-state index in [0.29, 0.717) is 5.56 Å². The van der Waals surface area contributed by atoms with Crippen molar-refractivity contribution in [2.24, 2.45) is 0 Å². The zero-order valence-corrected chi connectivity index (χ0v) is 18.7. The molecule has 0 aliphatic rings.